The van der Waals surface area contributed by atoms with Crippen LogP contribution >= 0.6 is 11.8 Å². The molecule has 3 atom stereocenters. The van der Waals surface area contributed by atoms with Crippen molar-refractivity contribution in [2.45, 2.75) is 57.0 Å². The summed E-state index contributed by atoms with van der Waals surface area (Å²) in [5.74, 6) is -1.52. The van der Waals surface area contributed by atoms with Gasteiger partial charge in [0.25, 0.3) is 0 Å². The number of carbonyl (C=O) groups excluding carboxylic acids is 2. The van der Waals surface area contributed by atoms with Gasteiger partial charge in [-0.1, -0.05) is 49.4 Å². The molecule has 0 spiro atoms. The van der Waals surface area contributed by atoms with E-state index in [9.17, 15) is 14.7 Å². The Hall–Kier alpha value is -1.67. The fraction of sp³-hybridized carbons (Fsp3) is 0.545. The summed E-state index contributed by atoms with van der Waals surface area (Å²) >= 11 is 1.06. The highest BCUT2D eigenvalue weighted by Crippen LogP contribution is 2.29. The number of thioether (sulfide) groups is 1. The highest BCUT2D eigenvalue weighted by Gasteiger charge is 2.43. The van der Waals surface area contributed by atoms with E-state index in [0.29, 0.717) is 17.7 Å². The lowest BCUT2D eigenvalue weighted by Crippen LogP contribution is -2.57. The molecule has 7 heteroatoms. The van der Waals surface area contributed by atoms with Gasteiger partial charge < -0.3 is 19.9 Å². The Kier molecular flexibility index (Phi) is 9.87. The summed E-state index contributed by atoms with van der Waals surface area (Å²) in [6, 6.07) is 6.99. The third-order valence-corrected chi connectivity index (χ3v) is 5.61. The predicted molar refractivity (Wildman–Crippen MR) is 116 cm³/mol. The van der Waals surface area contributed by atoms with Gasteiger partial charge in [-0.05, 0) is 37.6 Å². The van der Waals surface area contributed by atoms with Crippen molar-refractivity contribution in [2.75, 3.05) is 19.4 Å². The smallest absolute Gasteiger partial charge is 0.338 e. The van der Waals surface area contributed by atoms with Gasteiger partial charge in [0.1, 0.15) is 6.10 Å². The van der Waals surface area contributed by atoms with Crippen molar-refractivity contribution in [3.63, 3.8) is 0 Å². The number of rotatable bonds is 11. The number of allylic oxidation sites excluding steroid dienone is 2. The first-order valence-electron chi connectivity index (χ1n) is 10.1. The van der Waals surface area contributed by atoms with Crippen LogP contribution in [0.25, 0.3) is 0 Å². The lowest BCUT2D eigenvalue weighted by Gasteiger charge is -2.41. The van der Waals surface area contributed by atoms with E-state index in [4.69, 9.17) is 9.47 Å². The monoisotopic (exact) mass is 421 g/mol. The number of esters is 1. The summed E-state index contributed by atoms with van der Waals surface area (Å²) in [5, 5.41) is 13.9. The summed E-state index contributed by atoms with van der Waals surface area (Å²) in [4.78, 5) is 23.3. The van der Waals surface area contributed by atoms with Crippen LogP contribution in [0.2, 0.25) is 0 Å². The zero-order chi connectivity index (χ0) is 21.1. The van der Waals surface area contributed by atoms with Gasteiger partial charge in [0.2, 0.25) is 0 Å². The molecule has 0 bridgehead atoms. The van der Waals surface area contributed by atoms with Crippen LogP contribution in [0.4, 0.5) is 0 Å². The quantitative estimate of drug-likeness (QED) is 0.323. The third-order valence-electron chi connectivity index (χ3n) is 4.95. The van der Waals surface area contributed by atoms with Gasteiger partial charge >= 0.3 is 5.97 Å². The number of hydrogen-bond acceptors (Lipinski definition) is 7. The average Bonchev–Trinajstić information content (AvgIpc) is 2.72. The molecule has 1 saturated heterocycles. The van der Waals surface area contributed by atoms with Gasteiger partial charge in [-0.25, -0.2) is 4.79 Å². The first-order valence-corrected chi connectivity index (χ1v) is 11.1. The van der Waals surface area contributed by atoms with Crippen molar-refractivity contribution < 1.29 is 24.2 Å². The largest absolute Gasteiger partial charge is 0.458 e. The Morgan fingerprint density at radius 2 is 2.31 bits per heavy atom. The zero-order valence-corrected chi connectivity index (χ0v) is 18.0. The van der Waals surface area contributed by atoms with Gasteiger partial charge in [0, 0.05) is 18.6 Å². The second kappa shape index (κ2) is 12.1. The summed E-state index contributed by atoms with van der Waals surface area (Å²) in [5.41, 5.74) is 2.29. The maximum atomic E-state index is 12.6. The highest BCUT2D eigenvalue weighted by atomic mass is 32.2. The van der Waals surface area contributed by atoms with Crippen LogP contribution in [-0.2, 0) is 20.7 Å². The summed E-state index contributed by atoms with van der Waals surface area (Å²) in [6.45, 7) is 2.42. The van der Waals surface area contributed by atoms with E-state index in [2.05, 4.69) is 24.4 Å². The molecular weight excluding hydrogens is 390 g/mol. The predicted octanol–water partition coefficient (Wildman–Crippen LogP) is 3.12. The van der Waals surface area contributed by atoms with Crippen molar-refractivity contribution >= 4 is 23.3 Å². The molecule has 1 aliphatic rings. The number of unbranched alkanes of at least 4 members (excludes halogenated alkanes) is 1. The molecule has 0 aliphatic carbocycles. The minimum absolute atomic E-state index is 0.156. The molecule has 2 N–H and O–H groups in total. The van der Waals surface area contributed by atoms with Crippen LogP contribution in [0.15, 0.2) is 36.4 Å². The molecule has 6 nitrogen and oxygen atoms in total. The summed E-state index contributed by atoms with van der Waals surface area (Å²) < 4.78 is 11.3. The Morgan fingerprint density at radius 3 is 3.03 bits per heavy atom. The van der Waals surface area contributed by atoms with Gasteiger partial charge in [0.15, 0.2) is 11.4 Å². The van der Waals surface area contributed by atoms with Crippen molar-refractivity contribution in [3.8, 4) is 0 Å². The maximum absolute atomic E-state index is 12.6. The molecule has 0 saturated carbocycles. The fourth-order valence-electron chi connectivity index (χ4n) is 3.32. The molecule has 0 amide bonds. The second-order valence-corrected chi connectivity index (χ2v) is 8.01. The van der Waals surface area contributed by atoms with E-state index in [1.165, 1.54) is 0 Å². The standard InChI is InChI=1S/C22H31NO5S/c1-3-4-5-6-8-17-9-7-10-18(13-17)21(25)28-19-11-12-27-22(26,14-19)20(23-2)15-29-16-24/h5-7,9-10,13,16,19-20,23,26H,3-4,8,11-12,14-15H2,1-2H3/b6-5-. The van der Waals surface area contributed by atoms with Gasteiger partial charge in [-0.2, -0.15) is 0 Å². The Labute approximate surface area is 177 Å². The minimum Gasteiger partial charge on any atom is -0.458 e. The van der Waals surface area contributed by atoms with Gasteiger partial charge in [-0.15, -0.1) is 0 Å². The highest BCUT2D eigenvalue weighted by molar-refractivity contribution is 8.11. The Bertz CT molecular complexity index is 696. The number of ether oxygens (including phenoxy) is 2. The molecule has 1 aromatic carbocycles. The van der Waals surface area contributed by atoms with Crippen LogP contribution in [0.3, 0.4) is 0 Å². The second-order valence-electron chi connectivity index (χ2n) is 7.15. The van der Waals surface area contributed by atoms with Gasteiger partial charge in [0.05, 0.1) is 18.2 Å². The van der Waals surface area contributed by atoms with E-state index in [0.717, 1.165) is 42.2 Å². The molecule has 160 valence electrons. The molecule has 1 heterocycles. The van der Waals surface area contributed by atoms with E-state index < -0.39 is 23.9 Å². The molecule has 3 unspecified atom stereocenters. The van der Waals surface area contributed by atoms with Crippen LogP contribution in [0.1, 0.15) is 48.5 Å². The van der Waals surface area contributed by atoms with Crippen LogP contribution in [-0.4, -0.2) is 54.0 Å². The van der Waals surface area contributed by atoms with E-state index in [-0.39, 0.29) is 13.0 Å². The van der Waals surface area contributed by atoms with Crippen LogP contribution in [0, 0.1) is 0 Å². The number of benzene rings is 1. The summed E-state index contributed by atoms with van der Waals surface area (Å²) in [7, 11) is 1.70. The number of carbonyl (C=O) groups is 2. The Morgan fingerprint density at radius 1 is 1.48 bits per heavy atom. The minimum atomic E-state index is -1.49. The molecule has 1 fully saturated rings. The number of hydrogen-bond donors (Lipinski definition) is 2. The number of likely N-dealkylation sites (N-methyl/N-ethyl adjacent to an activating group) is 1. The lowest BCUT2D eigenvalue weighted by molar-refractivity contribution is -0.255. The molecule has 1 aliphatic heterocycles. The third kappa shape index (κ3) is 7.26. The van der Waals surface area contributed by atoms with Crippen LogP contribution < -0.4 is 5.32 Å². The van der Waals surface area contributed by atoms with E-state index in [1.54, 1.807) is 13.1 Å². The normalized spacial score (nSPS) is 23.1. The van der Waals surface area contributed by atoms with Crippen molar-refractivity contribution in [1.29, 1.82) is 0 Å². The molecule has 29 heavy (non-hydrogen) atoms. The zero-order valence-electron chi connectivity index (χ0n) is 17.1. The van der Waals surface area contributed by atoms with Crippen LogP contribution in [0.5, 0.6) is 0 Å². The molecule has 2 rings (SSSR count). The summed E-state index contributed by atoms with van der Waals surface area (Å²) in [6.07, 6.45) is 7.42. The van der Waals surface area contributed by atoms with E-state index >= 15 is 0 Å². The fourth-order valence-corrected chi connectivity index (χ4v) is 4.02. The molecule has 0 aromatic heterocycles. The first kappa shape index (κ1) is 23.6. The lowest BCUT2D eigenvalue weighted by atomic mass is 9.96. The van der Waals surface area contributed by atoms with Crippen molar-refractivity contribution in [3.05, 3.63) is 47.5 Å². The first-order chi connectivity index (χ1) is 14.0. The van der Waals surface area contributed by atoms with Crippen molar-refractivity contribution in [1.82, 2.24) is 5.32 Å². The number of nitrogens with one attached hydrogen (secondary N) is 1. The molecule has 0 radical (unpaired) electrons. The van der Waals surface area contributed by atoms with E-state index in [1.807, 2.05) is 18.2 Å². The average molecular weight is 422 g/mol. The van der Waals surface area contributed by atoms with Gasteiger partial charge in [-0.3, -0.25) is 4.79 Å². The Balaban J connectivity index is 1.98. The van der Waals surface area contributed by atoms with Crippen molar-refractivity contribution in [2.24, 2.45) is 0 Å². The molecule has 1 aromatic rings. The molecular formula is C22H31NO5S. The number of aliphatic hydroxyl groups is 1. The topological polar surface area (TPSA) is 84.9 Å². The maximum Gasteiger partial charge on any atom is 0.338 e. The SMILES string of the molecule is CCC/C=C\Cc1cccc(C(=O)OC2CCOC(O)(C(CSC=O)NC)C2)c1.